The molecule has 0 bridgehead atoms. The number of carbonyl (C=O) groups is 3. The smallest absolute Gasteiger partial charge is 0.335 e. The predicted octanol–water partition coefficient (Wildman–Crippen LogP) is 2.58. The molecule has 0 spiro atoms. The number of ether oxygens (including phenoxy) is 3. The van der Waals surface area contributed by atoms with E-state index in [0.717, 1.165) is 44.8 Å². The molecule has 2 aliphatic rings. The topological polar surface area (TPSA) is 119 Å². The number of esters is 2. The second-order valence-electron chi connectivity index (χ2n) is 9.48. The zero-order chi connectivity index (χ0) is 23.4. The van der Waals surface area contributed by atoms with Gasteiger partial charge >= 0.3 is 17.9 Å². The van der Waals surface area contributed by atoms with Crippen molar-refractivity contribution in [3.63, 3.8) is 0 Å². The average Bonchev–Trinajstić information content (AvgIpc) is 2.73. The summed E-state index contributed by atoms with van der Waals surface area (Å²) in [6, 6.07) is 0. The number of carboxylic acids is 1. The van der Waals surface area contributed by atoms with Gasteiger partial charge in [-0.25, -0.2) is 4.79 Å². The minimum Gasteiger partial charge on any atom is -0.481 e. The Morgan fingerprint density at radius 3 is 2.35 bits per heavy atom. The molecule has 2 fully saturated rings. The first-order valence-electron chi connectivity index (χ1n) is 10.8. The molecule has 0 saturated heterocycles. The summed E-state index contributed by atoms with van der Waals surface area (Å²) in [5.74, 6) is -4.03. The van der Waals surface area contributed by atoms with Crippen LogP contribution in [0.25, 0.3) is 0 Å². The van der Waals surface area contributed by atoms with Gasteiger partial charge in [0.1, 0.15) is 5.92 Å². The normalized spacial score (nSPS) is 32.5. The van der Waals surface area contributed by atoms with Crippen molar-refractivity contribution in [3.05, 3.63) is 12.2 Å². The summed E-state index contributed by atoms with van der Waals surface area (Å²) in [5, 5.41) is 19.3. The Labute approximate surface area is 183 Å². The molecule has 2 rings (SSSR count). The summed E-state index contributed by atoms with van der Waals surface area (Å²) in [7, 11) is 2.30. The van der Waals surface area contributed by atoms with Gasteiger partial charge in [-0.2, -0.15) is 0 Å². The molecule has 2 saturated carbocycles. The summed E-state index contributed by atoms with van der Waals surface area (Å²) in [4.78, 5) is 35.9. The van der Waals surface area contributed by atoms with E-state index in [0.29, 0.717) is 0 Å². The Morgan fingerprint density at radius 1 is 1.16 bits per heavy atom. The number of hydrogen-bond donors (Lipinski definition) is 2. The van der Waals surface area contributed by atoms with Crippen LogP contribution in [0.1, 0.15) is 52.4 Å². The van der Waals surface area contributed by atoms with E-state index in [-0.39, 0.29) is 35.9 Å². The lowest BCUT2D eigenvalue weighted by Gasteiger charge is -2.58. The van der Waals surface area contributed by atoms with Gasteiger partial charge in [0.05, 0.1) is 27.2 Å². The molecule has 0 aromatic rings. The van der Waals surface area contributed by atoms with Gasteiger partial charge in [-0.15, -0.1) is 0 Å². The van der Waals surface area contributed by atoms with E-state index in [9.17, 15) is 24.6 Å². The highest BCUT2D eigenvalue weighted by molar-refractivity contribution is 5.86. The second-order valence-corrected chi connectivity index (χ2v) is 9.48. The van der Waals surface area contributed by atoms with Gasteiger partial charge in [-0.3, -0.25) is 9.59 Å². The standard InChI is InChI=1S/C23H36O8/c1-14-7-8-17-22(2,13-24)9-6-10-23(17,3)16(14)12-31-19(21(28)30-5)15(11-18(25)26)20(27)29-4/h15-17,19,24H,1,6-13H2,2-5H3,(H,25,26)/t15-,16-,17-,19+,22-,23+/m0/s1. The highest BCUT2D eigenvalue weighted by Gasteiger charge is 2.54. The zero-order valence-corrected chi connectivity index (χ0v) is 19.0. The molecular formula is C23H36O8. The van der Waals surface area contributed by atoms with E-state index < -0.39 is 36.4 Å². The minimum absolute atomic E-state index is 0.0901. The first-order chi connectivity index (χ1) is 14.5. The Morgan fingerprint density at radius 2 is 1.81 bits per heavy atom. The highest BCUT2D eigenvalue weighted by atomic mass is 16.6. The maximum Gasteiger partial charge on any atom is 0.335 e. The molecule has 8 heteroatoms. The predicted molar refractivity (Wildman–Crippen MR) is 112 cm³/mol. The van der Waals surface area contributed by atoms with Gasteiger partial charge in [-0.05, 0) is 42.4 Å². The van der Waals surface area contributed by atoms with Crippen LogP contribution in [0.5, 0.6) is 0 Å². The minimum atomic E-state index is -1.39. The SMILES string of the molecule is C=C1CC[C@H]2[C@](C)(CO)CCC[C@]2(C)[C@H]1CO[C@@H](C(=O)OC)[C@H](CC(=O)O)C(=O)OC. The van der Waals surface area contributed by atoms with E-state index in [1.165, 1.54) is 7.11 Å². The number of carboxylic acid groups (broad SMARTS) is 1. The molecule has 0 aliphatic heterocycles. The average molecular weight is 441 g/mol. The van der Waals surface area contributed by atoms with Crippen LogP contribution in [0.2, 0.25) is 0 Å². The molecule has 0 heterocycles. The van der Waals surface area contributed by atoms with Crippen LogP contribution in [0.15, 0.2) is 12.2 Å². The molecule has 176 valence electrons. The Kier molecular flexibility index (Phi) is 8.27. The summed E-state index contributed by atoms with van der Waals surface area (Å²) < 4.78 is 15.5. The lowest BCUT2D eigenvalue weighted by Crippen LogP contribution is -2.53. The van der Waals surface area contributed by atoms with E-state index in [2.05, 4.69) is 20.4 Å². The third-order valence-corrected chi connectivity index (χ3v) is 7.64. The molecule has 31 heavy (non-hydrogen) atoms. The van der Waals surface area contributed by atoms with Crippen LogP contribution in [0.4, 0.5) is 0 Å². The Bertz CT molecular complexity index is 704. The van der Waals surface area contributed by atoms with Crippen molar-refractivity contribution in [2.24, 2.45) is 28.6 Å². The van der Waals surface area contributed by atoms with Crippen molar-refractivity contribution in [2.75, 3.05) is 27.4 Å². The number of aliphatic hydroxyl groups is 1. The lowest BCUT2D eigenvalue weighted by molar-refractivity contribution is -0.174. The number of methoxy groups -OCH3 is 2. The van der Waals surface area contributed by atoms with Crippen LogP contribution in [-0.4, -0.2) is 61.7 Å². The Hall–Kier alpha value is -1.93. The maximum absolute atomic E-state index is 12.4. The van der Waals surface area contributed by atoms with Gasteiger partial charge in [0.25, 0.3) is 0 Å². The third kappa shape index (κ3) is 5.12. The summed E-state index contributed by atoms with van der Waals surface area (Å²) in [6.45, 7) is 8.78. The third-order valence-electron chi connectivity index (χ3n) is 7.64. The number of fused-ring (bicyclic) bond motifs is 1. The van der Waals surface area contributed by atoms with E-state index in [1.807, 2.05) is 0 Å². The van der Waals surface area contributed by atoms with E-state index in [1.54, 1.807) is 0 Å². The largest absolute Gasteiger partial charge is 0.481 e. The quantitative estimate of drug-likeness (QED) is 0.415. The highest BCUT2D eigenvalue weighted by Crippen LogP contribution is 2.60. The number of aliphatic hydroxyl groups excluding tert-OH is 1. The van der Waals surface area contributed by atoms with Gasteiger partial charge in [0.15, 0.2) is 6.10 Å². The van der Waals surface area contributed by atoms with Crippen molar-refractivity contribution in [2.45, 2.75) is 58.5 Å². The van der Waals surface area contributed by atoms with Gasteiger partial charge in [-0.1, -0.05) is 32.4 Å². The van der Waals surface area contributed by atoms with Crippen LogP contribution in [0.3, 0.4) is 0 Å². The molecule has 6 atom stereocenters. The lowest BCUT2D eigenvalue weighted by atomic mass is 9.47. The molecule has 2 N–H and O–H groups in total. The first-order valence-corrected chi connectivity index (χ1v) is 10.8. The van der Waals surface area contributed by atoms with Crippen molar-refractivity contribution in [1.82, 2.24) is 0 Å². The van der Waals surface area contributed by atoms with E-state index >= 15 is 0 Å². The van der Waals surface area contributed by atoms with Crippen LogP contribution < -0.4 is 0 Å². The summed E-state index contributed by atoms with van der Waals surface area (Å²) in [5.41, 5.74) is 0.641. The van der Waals surface area contributed by atoms with Crippen molar-refractivity contribution in [3.8, 4) is 0 Å². The van der Waals surface area contributed by atoms with Gasteiger partial charge < -0.3 is 24.4 Å². The van der Waals surface area contributed by atoms with Crippen LogP contribution >= 0.6 is 0 Å². The number of aliphatic carboxylic acids is 1. The fraction of sp³-hybridized carbons (Fsp3) is 0.783. The molecule has 0 aromatic heterocycles. The van der Waals surface area contributed by atoms with E-state index in [4.69, 9.17) is 14.2 Å². The monoisotopic (exact) mass is 440 g/mol. The van der Waals surface area contributed by atoms with Gasteiger partial charge in [0, 0.05) is 12.5 Å². The van der Waals surface area contributed by atoms with Crippen molar-refractivity contribution >= 4 is 17.9 Å². The number of hydrogen-bond acceptors (Lipinski definition) is 7. The van der Waals surface area contributed by atoms with Gasteiger partial charge in [0.2, 0.25) is 0 Å². The molecule has 0 aromatic carbocycles. The van der Waals surface area contributed by atoms with Crippen LogP contribution in [0, 0.1) is 28.6 Å². The van der Waals surface area contributed by atoms with Crippen molar-refractivity contribution in [1.29, 1.82) is 0 Å². The molecule has 2 aliphatic carbocycles. The summed E-state index contributed by atoms with van der Waals surface area (Å²) in [6.07, 6.45) is 2.60. The zero-order valence-electron chi connectivity index (χ0n) is 19.0. The van der Waals surface area contributed by atoms with Crippen LogP contribution in [-0.2, 0) is 28.6 Å². The molecule has 0 radical (unpaired) electrons. The maximum atomic E-state index is 12.4. The van der Waals surface area contributed by atoms with Crippen molar-refractivity contribution < 1.29 is 38.8 Å². The molecular weight excluding hydrogens is 404 g/mol. The fourth-order valence-electron chi connectivity index (χ4n) is 5.90. The fourth-order valence-corrected chi connectivity index (χ4v) is 5.90. The molecule has 0 amide bonds. The number of carbonyl (C=O) groups excluding carboxylic acids is 2. The number of rotatable bonds is 9. The molecule has 0 unspecified atom stereocenters. The molecule has 8 nitrogen and oxygen atoms in total. The summed E-state index contributed by atoms with van der Waals surface area (Å²) >= 11 is 0. The first kappa shape index (κ1) is 25.3. The second kappa shape index (κ2) is 10.1. The Balaban J connectivity index is 2.30.